The van der Waals surface area contributed by atoms with E-state index in [0.29, 0.717) is 23.2 Å². The molecule has 1 saturated heterocycles. The minimum atomic E-state index is -0.171. The van der Waals surface area contributed by atoms with E-state index in [1.54, 1.807) is 0 Å². The van der Waals surface area contributed by atoms with Gasteiger partial charge in [-0.05, 0) is 49.4 Å². The van der Waals surface area contributed by atoms with Gasteiger partial charge in [0.2, 0.25) is 0 Å². The van der Waals surface area contributed by atoms with Gasteiger partial charge in [-0.15, -0.1) is 0 Å². The van der Waals surface area contributed by atoms with E-state index in [9.17, 15) is 4.79 Å². The summed E-state index contributed by atoms with van der Waals surface area (Å²) in [6, 6.07) is 0. The molecule has 3 rings (SSSR count). The molecule has 4 atom stereocenters. The fourth-order valence-corrected chi connectivity index (χ4v) is 5.65. The van der Waals surface area contributed by atoms with Crippen LogP contribution in [0.15, 0.2) is 0 Å². The Morgan fingerprint density at radius 3 is 2.50 bits per heavy atom. The highest BCUT2D eigenvalue weighted by Crippen LogP contribution is 2.64. The van der Waals surface area contributed by atoms with Crippen LogP contribution in [0.4, 0.5) is 0 Å². The van der Waals surface area contributed by atoms with E-state index in [1.165, 1.54) is 25.7 Å². The number of rotatable bonds is 0. The molecule has 0 aromatic heterocycles. The van der Waals surface area contributed by atoms with Gasteiger partial charge in [0, 0.05) is 5.92 Å². The van der Waals surface area contributed by atoms with Crippen LogP contribution in [0.25, 0.3) is 0 Å². The third kappa shape index (κ3) is 1.50. The third-order valence-corrected chi connectivity index (χ3v) is 6.46. The van der Waals surface area contributed by atoms with Crippen LogP contribution in [0.3, 0.4) is 0 Å². The molecule has 1 heterocycles. The van der Waals surface area contributed by atoms with Crippen molar-refractivity contribution in [2.75, 3.05) is 0 Å². The first-order chi connectivity index (χ1) is 8.28. The average Bonchev–Trinajstić information content (AvgIpc) is 2.53. The quantitative estimate of drug-likeness (QED) is 0.609. The predicted octanol–water partition coefficient (Wildman–Crippen LogP) is 3.93. The number of esters is 1. The fraction of sp³-hybridized carbons (Fsp3) is 0.938. The van der Waals surface area contributed by atoms with Crippen LogP contribution in [0.5, 0.6) is 0 Å². The Labute approximate surface area is 110 Å². The molecule has 2 aliphatic carbocycles. The normalized spacial score (nSPS) is 50.3. The molecule has 0 N–H and O–H groups in total. The van der Waals surface area contributed by atoms with Crippen LogP contribution < -0.4 is 0 Å². The van der Waals surface area contributed by atoms with Crippen LogP contribution in [0.2, 0.25) is 0 Å². The topological polar surface area (TPSA) is 26.3 Å². The number of hydrogen-bond acceptors (Lipinski definition) is 2. The molecular formula is C16H26O2. The van der Waals surface area contributed by atoms with Gasteiger partial charge in [0.05, 0.1) is 6.42 Å². The largest absolute Gasteiger partial charge is 0.459 e. The molecule has 18 heavy (non-hydrogen) atoms. The second kappa shape index (κ2) is 3.52. The molecule has 3 fully saturated rings. The lowest BCUT2D eigenvalue weighted by Crippen LogP contribution is -2.55. The highest BCUT2D eigenvalue weighted by Gasteiger charge is 2.62. The van der Waals surface area contributed by atoms with Crippen molar-refractivity contribution >= 4 is 5.97 Å². The zero-order valence-electron chi connectivity index (χ0n) is 12.2. The molecule has 0 amide bonds. The van der Waals surface area contributed by atoms with Crippen molar-refractivity contribution < 1.29 is 9.53 Å². The molecule has 2 saturated carbocycles. The first-order valence-electron chi connectivity index (χ1n) is 7.50. The van der Waals surface area contributed by atoms with Gasteiger partial charge in [-0.2, -0.15) is 0 Å². The number of carbonyl (C=O) groups is 1. The molecule has 0 bridgehead atoms. The van der Waals surface area contributed by atoms with Crippen LogP contribution in [0.1, 0.15) is 66.2 Å². The lowest BCUT2D eigenvalue weighted by molar-refractivity contribution is -0.164. The molecule has 0 aromatic rings. The summed E-state index contributed by atoms with van der Waals surface area (Å²) in [4.78, 5) is 11.8. The maximum atomic E-state index is 11.8. The molecule has 1 aliphatic heterocycles. The van der Waals surface area contributed by atoms with Gasteiger partial charge in [0.15, 0.2) is 0 Å². The Balaban J connectivity index is 2.00. The standard InChI is InChI=1S/C16H26O2/c1-14(2)7-5-8-15(3)11(14)6-9-16(4)12(15)10-13(17)18-16/h11-12H,5-10H2,1-4H3/t11-,12+,15-,16-/m1/s1. The van der Waals surface area contributed by atoms with Crippen LogP contribution >= 0.6 is 0 Å². The van der Waals surface area contributed by atoms with Crippen molar-refractivity contribution in [3.63, 3.8) is 0 Å². The summed E-state index contributed by atoms with van der Waals surface area (Å²) >= 11 is 0. The van der Waals surface area contributed by atoms with E-state index >= 15 is 0 Å². The summed E-state index contributed by atoms with van der Waals surface area (Å²) in [6.07, 6.45) is 6.86. The van der Waals surface area contributed by atoms with Gasteiger partial charge >= 0.3 is 5.97 Å². The first-order valence-corrected chi connectivity index (χ1v) is 7.50. The lowest BCUT2D eigenvalue weighted by atomic mass is 9.45. The molecule has 2 heteroatoms. The fourth-order valence-electron chi connectivity index (χ4n) is 5.65. The number of ether oxygens (including phenoxy) is 1. The smallest absolute Gasteiger partial charge is 0.306 e. The van der Waals surface area contributed by atoms with E-state index in [1.807, 2.05) is 0 Å². The molecule has 0 radical (unpaired) electrons. The van der Waals surface area contributed by atoms with Crippen molar-refractivity contribution in [3.8, 4) is 0 Å². The summed E-state index contributed by atoms with van der Waals surface area (Å²) in [5, 5.41) is 0. The Kier molecular flexibility index (Phi) is 2.44. The van der Waals surface area contributed by atoms with Gasteiger partial charge in [0.1, 0.15) is 5.60 Å². The summed E-state index contributed by atoms with van der Waals surface area (Å²) in [5.41, 5.74) is 0.566. The van der Waals surface area contributed by atoms with E-state index in [-0.39, 0.29) is 11.6 Å². The molecule has 0 spiro atoms. The summed E-state index contributed by atoms with van der Waals surface area (Å²) < 4.78 is 5.70. The predicted molar refractivity (Wildman–Crippen MR) is 71.1 cm³/mol. The molecule has 0 aromatic carbocycles. The van der Waals surface area contributed by atoms with Crippen LogP contribution in [0, 0.1) is 22.7 Å². The Morgan fingerprint density at radius 2 is 1.78 bits per heavy atom. The molecular weight excluding hydrogens is 224 g/mol. The minimum Gasteiger partial charge on any atom is -0.459 e. The summed E-state index contributed by atoms with van der Waals surface area (Å²) in [7, 11) is 0. The van der Waals surface area contributed by atoms with Gasteiger partial charge in [0.25, 0.3) is 0 Å². The van der Waals surface area contributed by atoms with E-state index < -0.39 is 0 Å². The van der Waals surface area contributed by atoms with E-state index in [0.717, 1.165) is 12.3 Å². The van der Waals surface area contributed by atoms with E-state index in [4.69, 9.17) is 4.74 Å². The van der Waals surface area contributed by atoms with Crippen LogP contribution in [-0.4, -0.2) is 11.6 Å². The van der Waals surface area contributed by atoms with Gasteiger partial charge < -0.3 is 4.74 Å². The van der Waals surface area contributed by atoms with Crippen molar-refractivity contribution in [2.24, 2.45) is 22.7 Å². The highest BCUT2D eigenvalue weighted by atomic mass is 16.6. The van der Waals surface area contributed by atoms with Gasteiger partial charge in [-0.3, -0.25) is 4.79 Å². The lowest BCUT2D eigenvalue weighted by Gasteiger charge is -2.59. The first kappa shape index (κ1) is 12.5. The van der Waals surface area contributed by atoms with Gasteiger partial charge in [-0.25, -0.2) is 0 Å². The Bertz CT molecular complexity index is 387. The van der Waals surface area contributed by atoms with Crippen molar-refractivity contribution in [1.29, 1.82) is 0 Å². The maximum Gasteiger partial charge on any atom is 0.306 e. The monoisotopic (exact) mass is 250 g/mol. The van der Waals surface area contributed by atoms with Crippen LogP contribution in [-0.2, 0) is 9.53 Å². The van der Waals surface area contributed by atoms with Crippen molar-refractivity contribution in [1.82, 2.24) is 0 Å². The maximum absolute atomic E-state index is 11.8. The molecule has 102 valence electrons. The number of hydrogen-bond donors (Lipinski definition) is 0. The molecule has 0 unspecified atom stereocenters. The zero-order chi connectivity index (χ0) is 13.2. The highest BCUT2D eigenvalue weighted by molar-refractivity contribution is 5.73. The number of carbonyl (C=O) groups excluding carboxylic acids is 1. The summed E-state index contributed by atoms with van der Waals surface area (Å²) in [5.74, 6) is 1.23. The third-order valence-electron chi connectivity index (χ3n) is 6.46. The van der Waals surface area contributed by atoms with Crippen molar-refractivity contribution in [3.05, 3.63) is 0 Å². The molecule has 2 nitrogen and oxygen atoms in total. The summed E-state index contributed by atoms with van der Waals surface area (Å²) in [6.45, 7) is 9.46. The van der Waals surface area contributed by atoms with E-state index in [2.05, 4.69) is 27.7 Å². The number of fused-ring (bicyclic) bond motifs is 3. The Morgan fingerprint density at radius 1 is 1.06 bits per heavy atom. The van der Waals surface area contributed by atoms with Gasteiger partial charge in [-0.1, -0.05) is 27.2 Å². The van der Waals surface area contributed by atoms with Crippen molar-refractivity contribution in [2.45, 2.75) is 71.8 Å². The average molecular weight is 250 g/mol. The second-order valence-electron chi connectivity index (χ2n) is 7.98. The zero-order valence-corrected chi connectivity index (χ0v) is 12.2. The minimum absolute atomic E-state index is 0.0350. The SMILES string of the molecule is CC1(C)CCC[C@]2(C)[C@@H]1CC[C@@]1(C)OC(=O)C[C@@H]21. The Hall–Kier alpha value is -0.530. The second-order valence-corrected chi connectivity index (χ2v) is 7.98. The molecule has 3 aliphatic rings.